The van der Waals surface area contributed by atoms with Crippen molar-refractivity contribution >= 4 is 29.0 Å². The van der Waals surface area contributed by atoms with Gasteiger partial charge in [0.2, 0.25) is 0 Å². The van der Waals surface area contributed by atoms with Crippen molar-refractivity contribution in [2.75, 3.05) is 0 Å². The maximum absolute atomic E-state index is 12.2. The summed E-state index contributed by atoms with van der Waals surface area (Å²) in [5.41, 5.74) is 2.62. The fraction of sp³-hybridized carbons (Fsp3) is 0.611. The topological polar surface area (TPSA) is 48.4 Å². The SMILES string of the molecule is CC1(C)OB(c2cncc(C3=CC4CCC(C3)S4=O)c2)OC1(C)C. The zero-order valence-corrected chi connectivity index (χ0v) is 15.6. The molecule has 1 aromatic heterocycles. The predicted molar refractivity (Wildman–Crippen MR) is 97.5 cm³/mol. The van der Waals surface area contributed by atoms with Crippen LogP contribution < -0.4 is 5.46 Å². The Labute approximate surface area is 146 Å². The lowest BCUT2D eigenvalue weighted by Crippen LogP contribution is -2.41. The molecule has 4 rings (SSSR count). The van der Waals surface area contributed by atoms with Gasteiger partial charge in [-0.15, -0.1) is 0 Å². The lowest BCUT2D eigenvalue weighted by Gasteiger charge is -2.32. The van der Waals surface area contributed by atoms with Crippen LogP contribution in [-0.4, -0.2) is 38.0 Å². The van der Waals surface area contributed by atoms with E-state index < -0.39 is 17.9 Å². The molecule has 3 aliphatic heterocycles. The van der Waals surface area contributed by atoms with Gasteiger partial charge in [-0.2, -0.15) is 0 Å². The van der Waals surface area contributed by atoms with Gasteiger partial charge < -0.3 is 9.31 Å². The minimum atomic E-state index is -0.687. The largest absolute Gasteiger partial charge is 0.496 e. The molecular weight excluding hydrogens is 321 g/mol. The molecule has 0 radical (unpaired) electrons. The maximum Gasteiger partial charge on any atom is 0.496 e. The maximum atomic E-state index is 12.2. The Bertz CT molecular complexity index is 715. The Balaban J connectivity index is 1.62. The van der Waals surface area contributed by atoms with Gasteiger partial charge >= 0.3 is 7.12 Å². The van der Waals surface area contributed by atoms with Crippen LogP contribution in [0.25, 0.3) is 5.57 Å². The molecule has 3 aliphatic rings. The summed E-state index contributed by atoms with van der Waals surface area (Å²) in [6, 6.07) is 2.12. The summed E-state index contributed by atoms with van der Waals surface area (Å²) in [6.45, 7) is 8.23. The van der Waals surface area contributed by atoms with Crippen molar-refractivity contribution in [3.05, 3.63) is 30.1 Å². The predicted octanol–water partition coefficient (Wildman–Crippen LogP) is 2.45. The van der Waals surface area contributed by atoms with Crippen LogP contribution in [0.5, 0.6) is 0 Å². The van der Waals surface area contributed by atoms with Gasteiger partial charge in [-0.1, -0.05) is 12.1 Å². The molecule has 4 heterocycles. The number of allylic oxidation sites excluding steroid dienone is 1. The third-order valence-corrected chi connectivity index (χ3v) is 7.92. The van der Waals surface area contributed by atoms with Gasteiger partial charge in [0.25, 0.3) is 0 Å². The van der Waals surface area contributed by atoms with Crippen molar-refractivity contribution in [3.63, 3.8) is 0 Å². The van der Waals surface area contributed by atoms with Crippen LogP contribution in [0.15, 0.2) is 24.5 Å². The molecule has 0 spiro atoms. The fourth-order valence-electron chi connectivity index (χ4n) is 3.66. The molecule has 0 saturated carbocycles. The molecule has 0 N–H and O–H groups in total. The molecular formula is C18H24BNO3S. The zero-order valence-electron chi connectivity index (χ0n) is 14.7. The van der Waals surface area contributed by atoms with E-state index in [-0.39, 0.29) is 16.5 Å². The first-order valence-electron chi connectivity index (χ1n) is 8.68. The second-order valence-corrected chi connectivity index (χ2v) is 9.99. The van der Waals surface area contributed by atoms with Crippen molar-refractivity contribution in [1.29, 1.82) is 0 Å². The highest BCUT2D eigenvalue weighted by atomic mass is 32.2. The van der Waals surface area contributed by atoms with Crippen LogP contribution in [-0.2, 0) is 20.1 Å². The summed E-state index contributed by atoms with van der Waals surface area (Å²) in [4.78, 5) is 4.41. The van der Waals surface area contributed by atoms with Gasteiger partial charge in [-0.25, -0.2) is 0 Å². The van der Waals surface area contributed by atoms with E-state index >= 15 is 0 Å². The van der Waals surface area contributed by atoms with Crippen molar-refractivity contribution in [2.45, 2.75) is 68.7 Å². The van der Waals surface area contributed by atoms with E-state index in [1.165, 1.54) is 5.57 Å². The number of hydrogen-bond acceptors (Lipinski definition) is 4. The molecule has 24 heavy (non-hydrogen) atoms. The number of aromatic nitrogens is 1. The van der Waals surface area contributed by atoms with E-state index in [0.717, 1.165) is 30.3 Å². The van der Waals surface area contributed by atoms with Crippen LogP contribution in [0.1, 0.15) is 52.5 Å². The van der Waals surface area contributed by atoms with E-state index in [4.69, 9.17) is 9.31 Å². The molecule has 2 saturated heterocycles. The molecule has 4 nitrogen and oxygen atoms in total. The molecule has 0 aromatic carbocycles. The second kappa shape index (κ2) is 5.51. The van der Waals surface area contributed by atoms with Crippen molar-refractivity contribution in [1.82, 2.24) is 4.98 Å². The van der Waals surface area contributed by atoms with E-state index in [9.17, 15) is 4.21 Å². The van der Waals surface area contributed by atoms with E-state index in [1.54, 1.807) is 0 Å². The Kier molecular flexibility index (Phi) is 3.79. The van der Waals surface area contributed by atoms with Crippen LogP contribution in [0.2, 0.25) is 0 Å². The summed E-state index contributed by atoms with van der Waals surface area (Å²) in [5, 5.41) is 0.537. The summed E-state index contributed by atoms with van der Waals surface area (Å²) >= 11 is 0. The van der Waals surface area contributed by atoms with Gasteiger partial charge in [0.1, 0.15) is 0 Å². The van der Waals surface area contributed by atoms with Crippen molar-refractivity contribution in [3.8, 4) is 0 Å². The highest BCUT2D eigenvalue weighted by Gasteiger charge is 2.51. The van der Waals surface area contributed by atoms with Gasteiger partial charge in [0.05, 0.1) is 16.5 Å². The number of nitrogens with zero attached hydrogens (tertiary/aromatic N) is 1. The molecule has 2 bridgehead atoms. The van der Waals surface area contributed by atoms with Crippen LogP contribution in [0, 0.1) is 0 Å². The molecule has 0 amide bonds. The van der Waals surface area contributed by atoms with E-state index in [2.05, 4.69) is 44.8 Å². The Hall–Kier alpha value is -0.975. The first-order valence-corrected chi connectivity index (χ1v) is 9.95. The summed E-state index contributed by atoms with van der Waals surface area (Å²) in [7, 11) is -1.08. The third kappa shape index (κ3) is 2.59. The quantitative estimate of drug-likeness (QED) is 0.773. The van der Waals surface area contributed by atoms with Gasteiger partial charge in [-0.05, 0) is 58.1 Å². The monoisotopic (exact) mass is 345 g/mol. The molecule has 1 aromatic rings. The van der Waals surface area contributed by atoms with Crippen LogP contribution in [0.3, 0.4) is 0 Å². The van der Waals surface area contributed by atoms with Crippen molar-refractivity contribution < 1.29 is 13.5 Å². The van der Waals surface area contributed by atoms with Gasteiger partial charge in [0, 0.05) is 33.9 Å². The third-order valence-electron chi connectivity index (χ3n) is 5.89. The van der Waals surface area contributed by atoms with Gasteiger partial charge in [-0.3, -0.25) is 9.19 Å². The normalized spacial score (nSPS) is 33.6. The Morgan fingerprint density at radius 1 is 1.17 bits per heavy atom. The number of rotatable bonds is 2. The Morgan fingerprint density at radius 3 is 2.54 bits per heavy atom. The fourth-order valence-corrected chi connectivity index (χ4v) is 5.53. The zero-order chi connectivity index (χ0) is 17.1. The molecule has 0 aliphatic carbocycles. The van der Waals surface area contributed by atoms with Crippen LogP contribution >= 0.6 is 0 Å². The minimum absolute atomic E-state index is 0.222. The summed E-state index contributed by atoms with van der Waals surface area (Å²) in [5.74, 6) is 0. The molecule has 3 unspecified atom stereocenters. The molecule has 128 valence electrons. The number of pyridine rings is 1. The lowest BCUT2D eigenvalue weighted by molar-refractivity contribution is 0.00578. The summed E-state index contributed by atoms with van der Waals surface area (Å²) in [6.07, 6.45) is 8.92. The van der Waals surface area contributed by atoms with E-state index in [1.807, 2.05) is 12.4 Å². The number of hydrogen-bond donors (Lipinski definition) is 0. The minimum Gasteiger partial charge on any atom is -0.399 e. The van der Waals surface area contributed by atoms with Crippen molar-refractivity contribution in [2.24, 2.45) is 0 Å². The Morgan fingerprint density at radius 2 is 1.88 bits per heavy atom. The van der Waals surface area contributed by atoms with E-state index in [0.29, 0.717) is 5.25 Å². The number of fused-ring (bicyclic) bond motifs is 2. The first-order chi connectivity index (χ1) is 11.3. The smallest absolute Gasteiger partial charge is 0.399 e. The lowest BCUT2D eigenvalue weighted by atomic mass is 9.79. The standard InChI is InChI=1S/C18H24BNO3S/c1-17(2)18(3,4)23-19(22-17)14-7-13(10-20-11-14)12-8-15-5-6-16(9-12)24(15)21/h7-8,10-11,15-16H,5-6,9H2,1-4H3. The second-order valence-electron chi connectivity index (χ2n) is 8.06. The summed E-state index contributed by atoms with van der Waals surface area (Å²) < 4.78 is 24.5. The first kappa shape index (κ1) is 16.5. The molecule has 3 atom stereocenters. The van der Waals surface area contributed by atoms with Crippen LogP contribution in [0.4, 0.5) is 0 Å². The highest BCUT2D eigenvalue weighted by Crippen LogP contribution is 2.39. The van der Waals surface area contributed by atoms with Gasteiger partial charge in [0.15, 0.2) is 0 Å². The molecule has 6 heteroatoms. The molecule has 2 fully saturated rings. The average Bonchev–Trinajstić information content (AvgIpc) is 2.87. The average molecular weight is 345 g/mol. The highest BCUT2D eigenvalue weighted by molar-refractivity contribution is 7.86.